The molecule has 2 aromatic heterocycles. The van der Waals surface area contributed by atoms with Gasteiger partial charge in [0.25, 0.3) is 0 Å². The molecule has 0 saturated heterocycles. The summed E-state index contributed by atoms with van der Waals surface area (Å²) in [6.07, 6.45) is 2.71. The highest BCUT2D eigenvalue weighted by Crippen LogP contribution is 2.24. The van der Waals surface area contributed by atoms with Gasteiger partial charge in [-0.25, -0.2) is 4.79 Å². The molecule has 19 heavy (non-hydrogen) atoms. The lowest BCUT2D eigenvalue weighted by molar-refractivity contribution is 0.155. The van der Waals surface area contributed by atoms with Crippen molar-refractivity contribution in [2.45, 2.75) is 13.5 Å². The minimum absolute atomic E-state index is 0.149. The number of hydrogen-bond acceptors (Lipinski definition) is 4. The maximum Gasteiger partial charge on any atom is 0.412 e. The molecule has 2 aromatic rings. The van der Waals surface area contributed by atoms with E-state index in [9.17, 15) is 4.79 Å². The lowest BCUT2D eigenvalue weighted by Gasteiger charge is -2.06. The van der Waals surface area contributed by atoms with Crippen molar-refractivity contribution in [1.29, 1.82) is 0 Å². The van der Waals surface area contributed by atoms with E-state index in [1.54, 1.807) is 32.4 Å². The summed E-state index contributed by atoms with van der Waals surface area (Å²) in [5.74, 6) is 0. The Bertz CT molecular complexity index is 583. The van der Waals surface area contributed by atoms with Crippen LogP contribution in [-0.4, -0.2) is 20.9 Å². The number of amides is 1. The Morgan fingerprint density at radius 1 is 1.58 bits per heavy atom. The Hall–Kier alpha value is -2.08. The van der Waals surface area contributed by atoms with Crippen LogP contribution in [0.25, 0.3) is 0 Å². The zero-order valence-electron chi connectivity index (χ0n) is 10.6. The molecule has 0 unspecified atom stereocenters. The minimum atomic E-state index is -0.582. The molecule has 100 valence electrons. The summed E-state index contributed by atoms with van der Waals surface area (Å²) in [4.78, 5) is 15.6. The van der Waals surface area contributed by atoms with E-state index < -0.39 is 6.09 Å². The van der Waals surface area contributed by atoms with Gasteiger partial charge < -0.3 is 4.74 Å². The fraction of sp³-hybridized carbons (Fsp3) is 0.250. The van der Waals surface area contributed by atoms with E-state index in [1.165, 1.54) is 4.68 Å². The molecule has 0 aliphatic rings. The van der Waals surface area contributed by atoms with Gasteiger partial charge in [-0.15, -0.1) is 0 Å². The van der Waals surface area contributed by atoms with Gasteiger partial charge in [-0.2, -0.15) is 5.10 Å². The molecule has 2 rings (SSSR count). The van der Waals surface area contributed by atoms with Crippen molar-refractivity contribution in [2.75, 3.05) is 5.32 Å². The molecular formula is C12H13ClN4O2. The first-order valence-electron chi connectivity index (χ1n) is 5.59. The van der Waals surface area contributed by atoms with E-state index in [4.69, 9.17) is 16.3 Å². The first kappa shape index (κ1) is 13.4. The van der Waals surface area contributed by atoms with Crippen LogP contribution in [0.2, 0.25) is 5.15 Å². The number of carbonyl (C=O) groups is 1. The van der Waals surface area contributed by atoms with Crippen LogP contribution < -0.4 is 5.32 Å². The van der Waals surface area contributed by atoms with E-state index in [2.05, 4.69) is 15.4 Å². The summed E-state index contributed by atoms with van der Waals surface area (Å²) in [7, 11) is 1.70. The maximum absolute atomic E-state index is 11.7. The monoisotopic (exact) mass is 280 g/mol. The van der Waals surface area contributed by atoms with Crippen LogP contribution in [0.5, 0.6) is 0 Å². The predicted molar refractivity (Wildman–Crippen MR) is 71.0 cm³/mol. The van der Waals surface area contributed by atoms with Gasteiger partial charge in [0, 0.05) is 25.0 Å². The summed E-state index contributed by atoms with van der Waals surface area (Å²) in [6.45, 7) is 1.90. The number of ether oxygens (including phenoxy) is 1. The molecule has 0 aliphatic heterocycles. The van der Waals surface area contributed by atoms with Crippen LogP contribution >= 0.6 is 11.6 Å². The van der Waals surface area contributed by atoms with Crippen molar-refractivity contribution in [2.24, 2.45) is 7.05 Å². The van der Waals surface area contributed by atoms with Crippen molar-refractivity contribution in [3.8, 4) is 0 Å². The van der Waals surface area contributed by atoms with Crippen LogP contribution in [0, 0.1) is 6.92 Å². The van der Waals surface area contributed by atoms with E-state index in [0.29, 0.717) is 16.5 Å². The summed E-state index contributed by atoms with van der Waals surface area (Å²) in [6, 6.07) is 3.60. The summed E-state index contributed by atoms with van der Waals surface area (Å²) < 4.78 is 6.55. The quantitative estimate of drug-likeness (QED) is 0.938. The number of halogens is 1. The molecule has 6 nitrogen and oxygen atoms in total. The molecule has 0 aliphatic carbocycles. The topological polar surface area (TPSA) is 69.0 Å². The number of aryl methyl sites for hydroxylation is 2. The normalized spacial score (nSPS) is 10.3. The summed E-state index contributed by atoms with van der Waals surface area (Å²) in [5.41, 5.74) is 1.90. The lowest BCUT2D eigenvalue weighted by atomic mass is 10.3. The number of nitrogens with one attached hydrogen (secondary N) is 1. The molecule has 1 N–H and O–H groups in total. The lowest BCUT2D eigenvalue weighted by Crippen LogP contribution is -2.14. The second-order valence-corrected chi connectivity index (χ2v) is 4.30. The van der Waals surface area contributed by atoms with Crippen molar-refractivity contribution < 1.29 is 9.53 Å². The van der Waals surface area contributed by atoms with E-state index in [0.717, 1.165) is 5.56 Å². The second kappa shape index (κ2) is 5.71. The van der Waals surface area contributed by atoms with Crippen LogP contribution in [0.1, 0.15) is 11.3 Å². The van der Waals surface area contributed by atoms with Crippen molar-refractivity contribution in [1.82, 2.24) is 14.8 Å². The minimum Gasteiger partial charge on any atom is -0.444 e. The van der Waals surface area contributed by atoms with Crippen molar-refractivity contribution in [3.05, 3.63) is 40.9 Å². The van der Waals surface area contributed by atoms with Gasteiger partial charge in [0.15, 0.2) is 5.15 Å². The second-order valence-electron chi connectivity index (χ2n) is 3.94. The molecule has 0 radical (unpaired) electrons. The molecular weight excluding hydrogens is 268 g/mol. The Labute approximate surface area is 115 Å². The highest BCUT2D eigenvalue weighted by atomic mass is 35.5. The van der Waals surface area contributed by atoms with E-state index >= 15 is 0 Å². The third-order valence-electron chi connectivity index (χ3n) is 2.47. The molecule has 1 amide bonds. The number of aromatic nitrogens is 3. The number of carbonyl (C=O) groups excluding carboxylic acids is 1. The number of anilines is 1. The van der Waals surface area contributed by atoms with Crippen LogP contribution in [-0.2, 0) is 18.4 Å². The molecule has 0 saturated carbocycles. The highest BCUT2D eigenvalue weighted by Gasteiger charge is 2.14. The third-order valence-corrected chi connectivity index (χ3v) is 2.91. The first-order chi connectivity index (χ1) is 9.08. The maximum atomic E-state index is 11.7. The Balaban J connectivity index is 1.95. The smallest absolute Gasteiger partial charge is 0.412 e. The predicted octanol–water partition coefficient (Wildman–Crippen LogP) is 2.53. The number of pyridine rings is 1. The Kier molecular flexibility index (Phi) is 4.01. The van der Waals surface area contributed by atoms with Gasteiger partial charge in [0.05, 0.1) is 5.69 Å². The van der Waals surface area contributed by atoms with Crippen molar-refractivity contribution >= 4 is 23.4 Å². The van der Waals surface area contributed by atoms with Gasteiger partial charge in [-0.1, -0.05) is 17.7 Å². The Morgan fingerprint density at radius 3 is 2.95 bits per heavy atom. The molecule has 0 fully saturated rings. The number of rotatable bonds is 3. The van der Waals surface area contributed by atoms with Crippen LogP contribution in [0.15, 0.2) is 24.5 Å². The van der Waals surface area contributed by atoms with Gasteiger partial charge in [0.1, 0.15) is 12.3 Å². The summed E-state index contributed by atoms with van der Waals surface area (Å²) >= 11 is 6.00. The number of hydrogen-bond donors (Lipinski definition) is 1. The van der Waals surface area contributed by atoms with Gasteiger partial charge >= 0.3 is 6.09 Å². The first-order valence-corrected chi connectivity index (χ1v) is 5.97. The fourth-order valence-electron chi connectivity index (χ4n) is 1.54. The molecule has 0 aromatic carbocycles. The fourth-order valence-corrected chi connectivity index (χ4v) is 1.76. The van der Waals surface area contributed by atoms with Gasteiger partial charge in [-0.3, -0.25) is 15.0 Å². The van der Waals surface area contributed by atoms with Gasteiger partial charge in [0.2, 0.25) is 0 Å². The largest absolute Gasteiger partial charge is 0.444 e. The van der Waals surface area contributed by atoms with Crippen molar-refractivity contribution in [3.63, 3.8) is 0 Å². The highest BCUT2D eigenvalue weighted by molar-refractivity contribution is 6.32. The van der Waals surface area contributed by atoms with Gasteiger partial charge in [-0.05, 0) is 13.0 Å². The Morgan fingerprint density at radius 2 is 2.37 bits per heavy atom. The third kappa shape index (κ3) is 3.23. The molecule has 0 spiro atoms. The van der Waals surface area contributed by atoms with E-state index in [1.807, 2.05) is 6.07 Å². The zero-order valence-corrected chi connectivity index (χ0v) is 11.3. The molecule has 7 heteroatoms. The summed E-state index contributed by atoms with van der Waals surface area (Å²) in [5, 5.41) is 7.02. The number of nitrogens with zero attached hydrogens (tertiary/aromatic N) is 3. The zero-order chi connectivity index (χ0) is 13.8. The SMILES string of the molecule is Cc1nn(C)c(Cl)c1NC(=O)OCc1cccnc1. The average molecular weight is 281 g/mol. The van der Waals surface area contributed by atoms with E-state index in [-0.39, 0.29) is 6.61 Å². The molecule has 2 heterocycles. The van der Waals surface area contributed by atoms with Crippen LogP contribution in [0.4, 0.5) is 10.5 Å². The molecule has 0 bridgehead atoms. The van der Waals surface area contributed by atoms with Crippen LogP contribution in [0.3, 0.4) is 0 Å². The molecule has 0 atom stereocenters. The standard InChI is InChI=1S/C12H13ClN4O2/c1-8-10(11(13)17(2)16-8)15-12(18)19-7-9-4-3-5-14-6-9/h3-6H,7H2,1-2H3,(H,15,18). The average Bonchev–Trinajstić information content (AvgIpc) is 2.64.